The van der Waals surface area contributed by atoms with Gasteiger partial charge >= 0.3 is 5.69 Å². The topological polar surface area (TPSA) is 83.0 Å². The maximum absolute atomic E-state index is 12.4. The Bertz CT molecular complexity index is 776. The van der Waals surface area contributed by atoms with Gasteiger partial charge in [0.15, 0.2) is 0 Å². The van der Waals surface area contributed by atoms with Crippen LogP contribution in [0.25, 0.3) is 11.0 Å². The van der Waals surface area contributed by atoms with Crippen molar-refractivity contribution in [1.29, 1.82) is 0 Å². The van der Waals surface area contributed by atoms with Gasteiger partial charge in [0, 0.05) is 30.2 Å². The van der Waals surface area contributed by atoms with Gasteiger partial charge in [-0.1, -0.05) is 0 Å². The lowest BCUT2D eigenvalue weighted by molar-refractivity contribution is 0.175. The summed E-state index contributed by atoms with van der Waals surface area (Å²) in [6.07, 6.45) is 3.31. The summed E-state index contributed by atoms with van der Waals surface area (Å²) in [5.41, 5.74) is 7.34. The standard InChI is InChI=1S/C16H20N4O2/c1-9(11-6-7-22-8-11)20-15-12(14(17)19-16(20)21)4-5-13(18-15)10-2-3-10/h4-5,9-11H,2-3,6-8H2,1H3,(H2,17,19,21)/t9-,11+/m1/s1. The van der Waals surface area contributed by atoms with Crippen LogP contribution >= 0.6 is 0 Å². The molecule has 1 saturated heterocycles. The molecule has 1 saturated carbocycles. The highest BCUT2D eigenvalue weighted by molar-refractivity contribution is 5.85. The number of rotatable bonds is 3. The number of ether oxygens (including phenoxy) is 1. The Morgan fingerprint density at radius 3 is 2.82 bits per heavy atom. The molecule has 3 heterocycles. The van der Waals surface area contributed by atoms with Crippen molar-refractivity contribution in [3.05, 3.63) is 28.3 Å². The highest BCUT2D eigenvalue weighted by atomic mass is 16.5. The van der Waals surface area contributed by atoms with E-state index in [1.54, 1.807) is 4.57 Å². The molecule has 0 aromatic carbocycles. The van der Waals surface area contributed by atoms with Gasteiger partial charge in [-0.05, 0) is 38.3 Å². The smallest absolute Gasteiger partial charge is 0.351 e. The van der Waals surface area contributed by atoms with Crippen molar-refractivity contribution in [1.82, 2.24) is 14.5 Å². The van der Waals surface area contributed by atoms with E-state index in [9.17, 15) is 4.79 Å². The summed E-state index contributed by atoms with van der Waals surface area (Å²) in [7, 11) is 0. The fourth-order valence-corrected chi connectivity index (χ4v) is 3.27. The quantitative estimate of drug-likeness (QED) is 0.935. The monoisotopic (exact) mass is 300 g/mol. The first kappa shape index (κ1) is 13.7. The molecule has 6 nitrogen and oxygen atoms in total. The Morgan fingerprint density at radius 2 is 2.14 bits per heavy atom. The largest absolute Gasteiger partial charge is 0.383 e. The molecule has 2 N–H and O–H groups in total. The molecular formula is C16H20N4O2. The maximum atomic E-state index is 12.4. The maximum Gasteiger partial charge on any atom is 0.351 e. The van der Waals surface area contributed by atoms with Crippen molar-refractivity contribution in [2.24, 2.45) is 5.92 Å². The Kier molecular flexibility index (Phi) is 3.14. The average Bonchev–Trinajstić information content (AvgIpc) is 3.21. The molecule has 0 spiro atoms. The average molecular weight is 300 g/mol. The minimum absolute atomic E-state index is 0.00699. The SMILES string of the molecule is C[C@H]([C@H]1CCOC1)n1c(=O)nc(N)c2ccc(C3CC3)nc21. The van der Waals surface area contributed by atoms with E-state index in [2.05, 4.69) is 4.98 Å². The normalized spacial score (nSPS) is 23.0. The second-order valence-electron chi connectivity index (χ2n) is 6.40. The number of pyridine rings is 1. The summed E-state index contributed by atoms with van der Waals surface area (Å²) in [5, 5.41) is 0.759. The third-order valence-corrected chi connectivity index (χ3v) is 4.87. The minimum atomic E-state index is -0.315. The van der Waals surface area contributed by atoms with Crippen LogP contribution in [-0.4, -0.2) is 27.7 Å². The van der Waals surface area contributed by atoms with Crippen LogP contribution in [0.5, 0.6) is 0 Å². The van der Waals surface area contributed by atoms with Crippen LogP contribution in [0.3, 0.4) is 0 Å². The summed E-state index contributed by atoms with van der Waals surface area (Å²) >= 11 is 0. The van der Waals surface area contributed by atoms with Crippen LogP contribution in [0.2, 0.25) is 0 Å². The molecule has 0 radical (unpaired) electrons. The van der Waals surface area contributed by atoms with E-state index in [0.717, 1.165) is 24.1 Å². The van der Waals surface area contributed by atoms with Crippen LogP contribution in [0.1, 0.15) is 43.8 Å². The number of fused-ring (bicyclic) bond motifs is 1. The van der Waals surface area contributed by atoms with Gasteiger partial charge in [-0.25, -0.2) is 9.78 Å². The molecule has 2 fully saturated rings. The van der Waals surface area contributed by atoms with Gasteiger partial charge in [0.05, 0.1) is 12.0 Å². The molecule has 2 aromatic rings. The fraction of sp³-hybridized carbons (Fsp3) is 0.562. The lowest BCUT2D eigenvalue weighted by atomic mass is 10.0. The lowest BCUT2D eigenvalue weighted by Gasteiger charge is -2.22. The van der Waals surface area contributed by atoms with Gasteiger partial charge in [-0.3, -0.25) is 4.57 Å². The molecule has 1 aliphatic heterocycles. The van der Waals surface area contributed by atoms with E-state index in [-0.39, 0.29) is 17.5 Å². The first-order valence-electron chi connectivity index (χ1n) is 7.91. The molecule has 4 rings (SSSR count). The summed E-state index contributed by atoms with van der Waals surface area (Å²) in [6.45, 7) is 3.48. The molecular weight excluding hydrogens is 280 g/mol. The van der Waals surface area contributed by atoms with E-state index < -0.39 is 0 Å². The van der Waals surface area contributed by atoms with Crippen LogP contribution in [-0.2, 0) is 4.74 Å². The fourth-order valence-electron chi connectivity index (χ4n) is 3.27. The predicted octanol–water partition coefficient (Wildman–Crippen LogP) is 1.85. The molecule has 1 aliphatic carbocycles. The van der Waals surface area contributed by atoms with Crippen LogP contribution in [0, 0.1) is 5.92 Å². The third kappa shape index (κ3) is 2.18. The first-order chi connectivity index (χ1) is 10.6. The van der Waals surface area contributed by atoms with Crippen LogP contribution < -0.4 is 11.4 Å². The third-order valence-electron chi connectivity index (χ3n) is 4.87. The Balaban J connectivity index is 1.90. The molecule has 22 heavy (non-hydrogen) atoms. The van der Waals surface area contributed by atoms with E-state index in [1.165, 1.54) is 12.8 Å². The van der Waals surface area contributed by atoms with Gasteiger partial charge < -0.3 is 10.5 Å². The van der Waals surface area contributed by atoms with Crippen molar-refractivity contribution in [3.8, 4) is 0 Å². The molecule has 0 unspecified atom stereocenters. The van der Waals surface area contributed by atoms with Gasteiger partial charge in [-0.15, -0.1) is 0 Å². The summed E-state index contributed by atoms with van der Waals surface area (Å²) in [4.78, 5) is 21.2. The van der Waals surface area contributed by atoms with E-state index in [0.29, 0.717) is 24.1 Å². The zero-order valence-electron chi connectivity index (χ0n) is 12.7. The van der Waals surface area contributed by atoms with Gasteiger partial charge in [0.25, 0.3) is 0 Å². The lowest BCUT2D eigenvalue weighted by Crippen LogP contribution is -2.31. The van der Waals surface area contributed by atoms with E-state index >= 15 is 0 Å². The molecule has 0 bridgehead atoms. The molecule has 116 valence electrons. The second kappa shape index (κ2) is 5.05. The molecule has 2 aliphatic rings. The van der Waals surface area contributed by atoms with Gasteiger partial charge in [-0.2, -0.15) is 4.98 Å². The number of nitrogen functional groups attached to an aromatic ring is 1. The number of aromatic nitrogens is 3. The highest BCUT2D eigenvalue weighted by Crippen LogP contribution is 2.39. The van der Waals surface area contributed by atoms with E-state index in [4.69, 9.17) is 15.5 Å². The summed E-state index contributed by atoms with van der Waals surface area (Å²) < 4.78 is 7.17. The van der Waals surface area contributed by atoms with Crippen molar-refractivity contribution < 1.29 is 4.74 Å². The molecule has 6 heteroatoms. The van der Waals surface area contributed by atoms with Crippen molar-refractivity contribution in [2.45, 2.75) is 38.1 Å². The number of nitrogens with two attached hydrogens (primary N) is 1. The molecule has 2 aromatic heterocycles. The zero-order valence-corrected chi connectivity index (χ0v) is 12.7. The number of anilines is 1. The van der Waals surface area contributed by atoms with Gasteiger partial charge in [0.1, 0.15) is 11.5 Å². The molecule has 0 amide bonds. The number of hydrogen-bond acceptors (Lipinski definition) is 5. The summed E-state index contributed by atoms with van der Waals surface area (Å²) in [6, 6.07) is 3.97. The Labute approximate surface area is 128 Å². The Morgan fingerprint density at radius 1 is 1.32 bits per heavy atom. The number of hydrogen-bond donors (Lipinski definition) is 1. The highest BCUT2D eigenvalue weighted by Gasteiger charge is 2.29. The Hall–Kier alpha value is -1.95. The first-order valence-corrected chi connectivity index (χ1v) is 7.91. The van der Waals surface area contributed by atoms with Crippen LogP contribution in [0.15, 0.2) is 16.9 Å². The van der Waals surface area contributed by atoms with Crippen molar-refractivity contribution in [3.63, 3.8) is 0 Å². The van der Waals surface area contributed by atoms with Gasteiger partial charge in [0.2, 0.25) is 0 Å². The number of nitrogens with zero attached hydrogens (tertiary/aromatic N) is 3. The zero-order chi connectivity index (χ0) is 15.3. The second-order valence-corrected chi connectivity index (χ2v) is 6.40. The van der Waals surface area contributed by atoms with Crippen molar-refractivity contribution in [2.75, 3.05) is 18.9 Å². The van der Waals surface area contributed by atoms with Crippen molar-refractivity contribution >= 4 is 16.9 Å². The predicted molar refractivity (Wildman–Crippen MR) is 83.8 cm³/mol. The van der Waals surface area contributed by atoms with E-state index in [1.807, 2.05) is 19.1 Å². The summed E-state index contributed by atoms with van der Waals surface area (Å²) in [5.74, 6) is 1.12. The van der Waals surface area contributed by atoms with Crippen LogP contribution in [0.4, 0.5) is 5.82 Å². The molecule has 2 atom stereocenters. The minimum Gasteiger partial charge on any atom is -0.383 e.